The quantitative estimate of drug-likeness (QED) is 0.921. The van der Waals surface area contributed by atoms with Gasteiger partial charge in [0.05, 0.1) is 4.34 Å². The van der Waals surface area contributed by atoms with Gasteiger partial charge < -0.3 is 5.11 Å². The molecular formula is C10H14ClNO3S2. The Morgan fingerprint density at radius 3 is 2.88 bits per heavy atom. The van der Waals surface area contributed by atoms with Gasteiger partial charge in [0.2, 0.25) is 0 Å². The molecular weight excluding hydrogens is 282 g/mol. The molecule has 0 spiro atoms. The number of hydrogen-bond donors (Lipinski definition) is 1. The lowest BCUT2D eigenvalue weighted by Crippen LogP contribution is -2.28. The Bertz CT molecular complexity index is 485. The molecule has 1 atom stereocenters. The van der Waals surface area contributed by atoms with Crippen molar-refractivity contribution in [2.75, 3.05) is 19.7 Å². The SMILES string of the molecule is O=S(=O)(c1ccc(Cl)s1)N1CCC(CCO)C1. The zero-order chi connectivity index (χ0) is 12.5. The number of thiophene rings is 1. The van der Waals surface area contributed by atoms with Crippen molar-refractivity contribution in [2.45, 2.75) is 17.1 Å². The van der Waals surface area contributed by atoms with Gasteiger partial charge in [-0.1, -0.05) is 11.6 Å². The van der Waals surface area contributed by atoms with E-state index in [0.29, 0.717) is 28.1 Å². The summed E-state index contributed by atoms with van der Waals surface area (Å²) in [7, 11) is -3.38. The van der Waals surface area contributed by atoms with E-state index in [0.717, 1.165) is 17.8 Å². The fourth-order valence-corrected chi connectivity index (χ4v) is 5.17. The molecule has 0 amide bonds. The third-order valence-electron chi connectivity index (χ3n) is 2.93. The number of aliphatic hydroxyl groups excluding tert-OH is 1. The predicted octanol–water partition coefficient (Wildman–Crippen LogP) is 1.79. The smallest absolute Gasteiger partial charge is 0.252 e. The van der Waals surface area contributed by atoms with E-state index >= 15 is 0 Å². The molecule has 0 bridgehead atoms. The highest BCUT2D eigenvalue weighted by Gasteiger charge is 2.32. The molecule has 2 rings (SSSR count). The minimum atomic E-state index is -3.38. The van der Waals surface area contributed by atoms with Crippen molar-refractivity contribution in [1.82, 2.24) is 4.31 Å². The third kappa shape index (κ3) is 2.82. The zero-order valence-corrected chi connectivity index (χ0v) is 11.6. The molecule has 0 saturated carbocycles. The Kier molecular flexibility index (Phi) is 4.10. The molecule has 0 radical (unpaired) electrons. The van der Waals surface area contributed by atoms with Gasteiger partial charge in [-0.25, -0.2) is 8.42 Å². The molecule has 1 aromatic rings. The monoisotopic (exact) mass is 295 g/mol. The molecule has 96 valence electrons. The number of aliphatic hydroxyl groups is 1. The lowest BCUT2D eigenvalue weighted by Gasteiger charge is -2.14. The van der Waals surface area contributed by atoms with Crippen LogP contribution in [-0.2, 0) is 10.0 Å². The second kappa shape index (κ2) is 5.24. The molecule has 1 N–H and O–H groups in total. The van der Waals surface area contributed by atoms with Crippen LogP contribution >= 0.6 is 22.9 Å². The minimum absolute atomic E-state index is 0.114. The molecule has 1 aromatic heterocycles. The topological polar surface area (TPSA) is 57.6 Å². The summed E-state index contributed by atoms with van der Waals surface area (Å²) in [5, 5.41) is 8.85. The minimum Gasteiger partial charge on any atom is -0.396 e. The number of rotatable bonds is 4. The van der Waals surface area contributed by atoms with Crippen molar-refractivity contribution in [3.8, 4) is 0 Å². The van der Waals surface area contributed by atoms with Gasteiger partial charge in [0, 0.05) is 19.7 Å². The van der Waals surface area contributed by atoms with Crippen LogP contribution in [0, 0.1) is 5.92 Å². The summed E-state index contributed by atoms with van der Waals surface area (Å²) in [6.07, 6.45) is 1.48. The van der Waals surface area contributed by atoms with Crippen molar-refractivity contribution in [3.63, 3.8) is 0 Å². The van der Waals surface area contributed by atoms with Crippen LogP contribution in [0.15, 0.2) is 16.3 Å². The second-order valence-electron chi connectivity index (χ2n) is 4.09. The Morgan fingerprint density at radius 1 is 1.53 bits per heavy atom. The van der Waals surface area contributed by atoms with Crippen LogP contribution in [0.5, 0.6) is 0 Å². The molecule has 17 heavy (non-hydrogen) atoms. The molecule has 0 aliphatic carbocycles. The van der Waals surface area contributed by atoms with Crippen molar-refractivity contribution >= 4 is 33.0 Å². The van der Waals surface area contributed by atoms with Crippen LogP contribution in [0.25, 0.3) is 0 Å². The van der Waals surface area contributed by atoms with E-state index in [9.17, 15) is 8.42 Å². The molecule has 1 unspecified atom stereocenters. The third-order valence-corrected chi connectivity index (χ3v) is 6.49. The first kappa shape index (κ1) is 13.3. The average molecular weight is 296 g/mol. The van der Waals surface area contributed by atoms with Crippen LogP contribution in [0.2, 0.25) is 4.34 Å². The van der Waals surface area contributed by atoms with Crippen molar-refractivity contribution in [1.29, 1.82) is 0 Å². The van der Waals surface area contributed by atoms with Crippen LogP contribution in [0.3, 0.4) is 0 Å². The van der Waals surface area contributed by atoms with Gasteiger partial charge in [-0.15, -0.1) is 11.3 Å². The Labute approximate surface area is 110 Å². The highest BCUT2D eigenvalue weighted by molar-refractivity contribution is 7.91. The number of sulfonamides is 1. The van der Waals surface area contributed by atoms with E-state index in [4.69, 9.17) is 16.7 Å². The Hall–Kier alpha value is -0.140. The lowest BCUT2D eigenvalue weighted by atomic mass is 10.1. The molecule has 0 aromatic carbocycles. The Balaban J connectivity index is 2.13. The molecule has 4 nitrogen and oxygen atoms in total. The van der Waals surface area contributed by atoms with Crippen LogP contribution in [0.4, 0.5) is 0 Å². The van der Waals surface area contributed by atoms with Crippen LogP contribution in [0.1, 0.15) is 12.8 Å². The summed E-state index contributed by atoms with van der Waals surface area (Å²) in [5.74, 6) is 0.269. The van der Waals surface area contributed by atoms with Gasteiger partial charge in [0.1, 0.15) is 4.21 Å². The summed E-state index contributed by atoms with van der Waals surface area (Å²) < 4.78 is 26.7. The maximum absolute atomic E-state index is 12.2. The van der Waals surface area contributed by atoms with Gasteiger partial charge in [0.25, 0.3) is 10.0 Å². The molecule has 1 aliphatic rings. The highest BCUT2D eigenvalue weighted by Crippen LogP contribution is 2.31. The van der Waals surface area contributed by atoms with Gasteiger partial charge in [0.15, 0.2) is 0 Å². The molecule has 7 heteroatoms. The summed E-state index contributed by atoms with van der Waals surface area (Å²) in [6, 6.07) is 3.14. The van der Waals surface area contributed by atoms with Gasteiger partial charge in [-0.2, -0.15) is 4.31 Å². The summed E-state index contributed by atoms with van der Waals surface area (Å²) in [4.78, 5) is 0. The second-order valence-corrected chi connectivity index (χ2v) is 7.97. The predicted molar refractivity (Wildman–Crippen MR) is 67.9 cm³/mol. The zero-order valence-electron chi connectivity index (χ0n) is 9.17. The number of nitrogens with zero attached hydrogens (tertiary/aromatic N) is 1. The normalized spacial score (nSPS) is 22.1. The molecule has 1 saturated heterocycles. The number of halogens is 1. The summed E-state index contributed by atoms with van der Waals surface area (Å²) in [5.41, 5.74) is 0. The van der Waals surface area contributed by atoms with Gasteiger partial charge >= 0.3 is 0 Å². The highest BCUT2D eigenvalue weighted by atomic mass is 35.5. The standard InChI is InChI=1S/C10H14ClNO3S2/c11-9-1-2-10(16-9)17(14,15)12-5-3-8(7-12)4-6-13/h1-2,8,13H,3-7H2. The lowest BCUT2D eigenvalue weighted by molar-refractivity contribution is 0.260. The first-order chi connectivity index (χ1) is 8.04. The fourth-order valence-electron chi connectivity index (χ4n) is 2.00. The first-order valence-electron chi connectivity index (χ1n) is 5.40. The Morgan fingerprint density at radius 2 is 2.29 bits per heavy atom. The molecule has 1 fully saturated rings. The van der Waals surface area contributed by atoms with E-state index in [1.54, 1.807) is 12.1 Å². The van der Waals surface area contributed by atoms with E-state index in [-0.39, 0.29) is 12.5 Å². The van der Waals surface area contributed by atoms with E-state index in [2.05, 4.69) is 0 Å². The van der Waals surface area contributed by atoms with Gasteiger partial charge in [-0.05, 0) is 30.9 Å². The maximum Gasteiger partial charge on any atom is 0.252 e. The summed E-state index contributed by atoms with van der Waals surface area (Å²) in [6.45, 7) is 1.14. The van der Waals surface area contributed by atoms with Gasteiger partial charge in [-0.3, -0.25) is 0 Å². The maximum atomic E-state index is 12.2. The fraction of sp³-hybridized carbons (Fsp3) is 0.600. The van der Waals surface area contributed by atoms with Crippen LogP contribution < -0.4 is 0 Å². The van der Waals surface area contributed by atoms with Crippen molar-refractivity contribution in [2.24, 2.45) is 5.92 Å². The van der Waals surface area contributed by atoms with E-state index in [1.165, 1.54) is 4.31 Å². The molecule has 2 heterocycles. The average Bonchev–Trinajstić information content (AvgIpc) is 2.88. The summed E-state index contributed by atoms with van der Waals surface area (Å²) >= 11 is 6.84. The number of hydrogen-bond acceptors (Lipinski definition) is 4. The van der Waals surface area contributed by atoms with E-state index < -0.39 is 10.0 Å². The largest absolute Gasteiger partial charge is 0.396 e. The van der Waals surface area contributed by atoms with Crippen molar-refractivity contribution in [3.05, 3.63) is 16.5 Å². The van der Waals surface area contributed by atoms with Crippen LogP contribution in [-0.4, -0.2) is 37.5 Å². The molecule has 1 aliphatic heterocycles. The van der Waals surface area contributed by atoms with E-state index in [1.807, 2.05) is 0 Å². The first-order valence-corrected chi connectivity index (χ1v) is 8.04. The van der Waals surface area contributed by atoms with Crippen molar-refractivity contribution < 1.29 is 13.5 Å².